The summed E-state index contributed by atoms with van der Waals surface area (Å²) < 4.78 is 10.5. The van der Waals surface area contributed by atoms with E-state index in [1.807, 2.05) is 72.8 Å². The first-order chi connectivity index (χ1) is 19.3. The van der Waals surface area contributed by atoms with Crippen LogP contribution in [0.2, 0.25) is 5.02 Å². The van der Waals surface area contributed by atoms with Crippen LogP contribution in [-0.2, 0) is 22.6 Å². The van der Waals surface area contributed by atoms with Gasteiger partial charge in [-0.25, -0.2) is 4.79 Å². The maximum absolute atomic E-state index is 12.5. The fourth-order valence-electron chi connectivity index (χ4n) is 3.82. The molecule has 0 radical (unpaired) electrons. The zero-order valence-corrected chi connectivity index (χ0v) is 23.0. The number of amides is 1. The van der Waals surface area contributed by atoms with Crippen molar-refractivity contribution in [3.8, 4) is 5.75 Å². The highest BCUT2D eigenvalue weighted by molar-refractivity contribution is 7.99. The van der Waals surface area contributed by atoms with Crippen LogP contribution in [0.3, 0.4) is 0 Å². The third kappa shape index (κ3) is 7.84. The second kappa shape index (κ2) is 13.6. The van der Waals surface area contributed by atoms with Crippen LogP contribution in [0, 0.1) is 10.1 Å². The highest BCUT2D eigenvalue weighted by Gasteiger charge is 2.21. The Morgan fingerprint density at radius 3 is 2.45 bits per heavy atom. The van der Waals surface area contributed by atoms with Gasteiger partial charge in [0.05, 0.1) is 12.0 Å². The Balaban J connectivity index is 1.33. The van der Waals surface area contributed by atoms with E-state index in [2.05, 4.69) is 10.1 Å². The Hall–Kier alpha value is -4.34. The fourth-order valence-corrected chi connectivity index (χ4v) is 5.06. The fraction of sp³-hybridized carbons (Fsp3) is 0.133. The second-order valence-corrected chi connectivity index (χ2v) is 10.2. The quantitative estimate of drug-likeness (QED) is 0.113. The van der Waals surface area contributed by atoms with Crippen LogP contribution in [0.5, 0.6) is 5.75 Å². The van der Waals surface area contributed by atoms with Crippen LogP contribution in [0.25, 0.3) is 0 Å². The molecule has 0 aliphatic heterocycles. The summed E-state index contributed by atoms with van der Waals surface area (Å²) in [6.07, 6.45) is 0.507. The number of nitrogens with zero attached hydrogens (tertiary/aromatic N) is 1. The van der Waals surface area contributed by atoms with Gasteiger partial charge in [-0.3, -0.25) is 14.9 Å². The molecule has 40 heavy (non-hydrogen) atoms. The van der Waals surface area contributed by atoms with Crippen molar-refractivity contribution >= 4 is 46.6 Å². The molecule has 0 aliphatic rings. The van der Waals surface area contributed by atoms with Crippen LogP contribution in [0.15, 0.2) is 101 Å². The van der Waals surface area contributed by atoms with E-state index in [9.17, 15) is 19.7 Å². The molecule has 4 aromatic carbocycles. The Labute approximate surface area is 240 Å². The Morgan fingerprint density at radius 1 is 0.950 bits per heavy atom. The molecule has 4 rings (SSSR count). The molecule has 204 valence electrons. The monoisotopic (exact) mass is 576 g/mol. The second-order valence-electron chi connectivity index (χ2n) is 8.63. The number of ether oxygens (including phenoxy) is 2. The van der Waals surface area contributed by atoms with Gasteiger partial charge in [0, 0.05) is 33.0 Å². The Bertz CT molecular complexity index is 1530. The first-order valence-corrected chi connectivity index (χ1v) is 13.4. The number of nitrogens with one attached hydrogen (secondary N) is 1. The molecule has 10 heteroatoms. The molecular weight excluding hydrogens is 552 g/mol. The van der Waals surface area contributed by atoms with E-state index in [0.29, 0.717) is 18.1 Å². The molecule has 1 amide bonds. The number of methoxy groups -OCH3 is 1. The molecule has 0 saturated heterocycles. The van der Waals surface area contributed by atoms with Crippen molar-refractivity contribution in [3.63, 3.8) is 0 Å². The minimum atomic E-state index is -0.862. The Morgan fingerprint density at radius 2 is 1.73 bits per heavy atom. The number of esters is 1. The van der Waals surface area contributed by atoms with Crippen LogP contribution in [-0.4, -0.2) is 23.9 Å². The number of benzene rings is 4. The van der Waals surface area contributed by atoms with Gasteiger partial charge in [-0.05, 0) is 60.0 Å². The van der Waals surface area contributed by atoms with Crippen molar-refractivity contribution in [2.45, 2.75) is 29.2 Å². The van der Waals surface area contributed by atoms with Crippen LogP contribution in [0.4, 0.5) is 11.4 Å². The standard InChI is InChI=1S/C30H25ClN2O6S/c1-38-30(35)26-16-22(12-14-28(26)33(36)37)32-29(34)15-11-21-10-13-25(18-27(21)31)40-24-9-5-8-23(17-24)39-19-20-6-3-2-4-7-20/h2-10,12-14,16-18H,11,15,19H2,1H3,(H,32,34). The molecule has 0 atom stereocenters. The van der Waals surface area contributed by atoms with Gasteiger partial charge in [0.25, 0.3) is 5.69 Å². The number of carbonyl (C=O) groups is 2. The van der Waals surface area contributed by atoms with Gasteiger partial charge in [-0.15, -0.1) is 0 Å². The first-order valence-electron chi connectivity index (χ1n) is 12.2. The minimum absolute atomic E-state index is 0.123. The summed E-state index contributed by atoms with van der Waals surface area (Å²) in [5, 5.41) is 14.4. The van der Waals surface area contributed by atoms with Gasteiger partial charge >= 0.3 is 5.97 Å². The van der Waals surface area contributed by atoms with Crippen molar-refractivity contribution in [3.05, 3.63) is 123 Å². The van der Waals surface area contributed by atoms with E-state index in [1.54, 1.807) is 11.8 Å². The molecule has 0 aliphatic carbocycles. The molecule has 0 fully saturated rings. The van der Waals surface area contributed by atoms with E-state index in [-0.39, 0.29) is 23.6 Å². The maximum atomic E-state index is 12.5. The highest BCUT2D eigenvalue weighted by Crippen LogP contribution is 2.33. The molecule has 0 heterocycles. The number of anilines is 1. The van der Waals surface area contributed by atoms with Crippen LogP contribution in [0.1, 0.15) is 27.9 Å². The van der Waals surface area contributed by atoms with Crippen molar-refractivity contribution in [2.75, 3.05) is 12.4 Å². The Kier molecular flexibility index (Phi) is 9.77. The SMILES string of the molecule is COC(=O)c1cc(NC(=O)CCc2ccc(Sc3cccc(OCc4ccccc4)c3)cc2Cl)ccc1[N+](=O)[O-]. The third-order valence-electron chi connectivity index (χ3n) is 5.82. The molecular formula is C30H25ClN2O6S. The number of nitro groups is 1. The number of nitro benzene ring substituents is 1. The summed E-state index contributed by atoms with van der Waals surface area (Å²) in [5.74, 6) is -0.417. The number of aryl methyl sites for hydroxylation is 1. The summed E-state index contributed by atoms with van der Waals surface area (Å²) in [6, 6.07) is 27.2. The van der Waals surface area contributed by atoms with Gasteiger partial charge in [0.2, 0.25) is 5.91 Å². The number of rotatable bonds is 11. The van der Waals surface area contributed by atoms with Crippen LogP contribution < -0.4 is 10.1 Å². The summed E-state index contributed by atoms with van der Waals surface area (Å²) >= 11 is 8.07. The predicted molar refractivity (Wildman–Crippen MR) is 154 cm³/mol. The zero-order chi connectivity index (χ0) is 28.5. The van der Waals surface area contributed by atoms with Crippen molar-refractivity contribution in [2.24, 2.45) is 0 Å². The van der Waals surface area contributed by atoms with Crippen LogP contribution >= 0.6 is 23.4 Å². The minimum Gasteiger partial charge on any atom is -0.489 e. The number of hydrogen-bond acceptors (Lipinski definition) is 7. The first kappa shape index (κ1) is 28.7. The van der Waals surface area contributed by atoms with Gasteiger partial charge in [0.1, 0.15) is 17.9 Å². The lowest BCUT2D eigenvalue weighted by Gasteiger charge is -2.10. The van der Waals surface area contributed by atoms with E-state index in [0.717, 1.165) is 39.8 Å². The van der Waals surface area contributed by atoms with E-state index < -0.39 is 16.6 Å². The predicted octanol–water partition coefficient (Wildman–Crippen LogP) is 7.34. The molecule has 0 bridgehead atoms. The van der Waals surface area contributed by atoms with E-state index in [4.69, 9.17) is 16.3 Å². The van der Waals surface area contributed by atoms with Crippen molar-refractivity contribution in [1.82, 2.24) is 0 Å². The van der Waals surface area contributed by atoms with Gasteiger partial charge < -0.3 is 14.8 Å². The largest absolute Gasteiger partial charge is 0.489 e. The number of halogens is 1. The van der Waals surface area contributed by atoms with E-state index in [1.165, 1.54) is 12.1 Å². The summed E-state index contributed by atoms with van der Waals surface area (Å²) in [6.45, 7) is 0.486. The topological polar surface area (TPSA) is 108 Å². The number of carbonyl (C=O) groups excluding carboxylic acids is 2. The molecule has 4 aromatic rings. The molecule has 0 spiro atoms. The van der Waals surface area contributed by atoms with Gasteiger partial charge in [-0.2, -0.15) is 0 Å². The lowest BCUT2D eigenvalue weighted by molar-refractivity contribution is -0.385. The molecule has 0 aromatic heterocycles. The summed E-state index contributed by atoms with van der Waals surface area (Å²) in [5.41, 5.74) is 1.51. The van der Waals surface area contributed by atoms with E-state index >= 15 is 0 Å². The average molecular weight is 577 g/mol. The van der Waals surface area contributed by atoms with Crippen molar-refractivity contribution < 1.29 is 24.0 Å². The lowest BCUT2D eigenvalue weighted by Crippen LogP contribution is -2.14. The smallest absolute Gasteiger partial charge is 0.344 e. The summed E-state index contributed by atoms with van der Waals surface area (Å²) in [4.78, 5) is 36.9. The molecule has 8 nitrogen and oxygen atoms in total. The zero-order valence-electron chi connectivity index (χ0n) is 21.5. The summed E-state index contributed by atoms with van der Waals surface area (Å²) in [7, 11) is 1.13. The van der Waals surface area contributed by atoms with Gasteiger partial charge in [0.15, 0.2) is 0 Å². The molecule has 0 saturated carbocycles. The normalized spacial score (nSPS) is 10.6. The lowest BCUT2D eigenvalue weighted by atomic mass is 10.1. The maximum Gasteiger partial charge on any atom is 0.344 e. The average Bonchev–Trinajstić information content (AvgIpc) is 2.96. The molecule has 0 unspecified atom stereocenters. The van der Waals surface area contributed by atoms with Crippen molar-refractivity contribution in [1.29, 1.82) is 0 Å². The molecule has 1 N–H and O–H groups in total. The van der Waals surface area contributed by atoms with Gasteiger partial charge in [-0.1, -0.05) is 65.8 Å². The number of hydrogen-bond donors (Lipinski definition) is 1. The highest BCUT2D eigenvalue weighted by atomic mass is 35.5. The third-order valence-corrected chi connectivity index (χ3v) is 7.15.